The summed E-state index contributed by atoms with van der Waals surface area (Å²) in [4.78, 5) is 5.46. The SMILES string of the molecule is CCCCOc1ccc(CNOC(C)(C)C)cc1. The molecule has 18 heavy (non-hydrogen) atoms. The second kappa shape index (κ2) is 7.39. The van der Waals surface area contributed by atoms with E-state index in [4.69, 9.17) is 9.57 Å². The second-order valence-electron chi connectivity index (χ2n) is 5.38. The number of ether oxygens (including phenoxy) is 1. The van der Waals surface area contributed by atoms with Gasteiger partial charge in [-0.25, -0.2) is 0 Å². The quantitative estimate of drug-likeness (QED) is 0.592. The first-order valence-electron chi connectivity index (χ1n) is 6.64. The van der Waals surface area contributed by atoms with E-state index in [0.29, 0.717) is 6.54 Å². The largest absolute Gasteiger partial charge is 0.494 e. The molecule has 0 saturated carbocycles. The van der Waals surface area contributed by atoms with Crippen LogP contribution in [-0.4, -0.2) is 12.2 Å². The van der Waals surface area contributed by atoms with Crippen molar-refractivity contribution < 1.29 is 9.57 Å². The Labute approximate surface area is 110 Å². The van der Waals surface area contributed by atoms with Gasteiger partial charge in [0.2, 0.25) is 0 Å². The van der Waals surface area contributed by atoms with E-state index in [9.17, 15) is 0 Å². The van der Waals surface area contributed by atoms with Crippen LogP contribution in [0.5, 0.6) is 5.75 Å². The number of nitrogens with one attached hydrogen (secondary N) is 1. The number of hydroxylamine groups is 1. The lowest BCUT2D eigenvalue weighted by Gasteiger charge is -2.19. The zero-order valence-electron chi connectivity index (χ0n) is 12.0. The summed E-state index contributed by atoms with van der Waals surface area (Å²) in [6.45, 7) is 9.71. The summed E-state index contributed by atoms with van der Waals surface area (Å²) in [6, 6.07) is 8.12. The van der Waals surface area contributed by atoms with Crippen LogP contribution in [0.2, 0.25) is 0 Å². The summed E-state index contributed by atoms with van der Waals surface area (Å²) in [6.07, 6.45) is 2.26. The van der Waals surface area contributed by atoms with Crippen molar-refractivity contribution in [2.75, 3.05) is 6.61 Å². The molecule has 1 rings (SSSR count). The normalized spacial score (nSPS) is 11.6. The van der Waals surface area contributed by atoms with E-state index >= 15 is 0 Å². The first-order chi connectivity index (χ1) is 8.51. The predicted octanol–water partition coefficient (Wildman–Crippen LogP) is 3.69. The summed E-state index contributed by atoms with van der Waals surface area (Å²) in [7, 11) is 0. The standard InChI is InChI=1S/C15H25NO2/c1-5-6-11-17-14-9-7-13(8-10-14)12-16-18-15(2,3)4/h7-10,16H,5-6,11-12H2,1-4H3. The van der Waals surface area contributed by atoms with E-state index in [1.165, 1.54) is 5.56 Å². The minimum Gasteiger partial charge on any atom is -0.494 e. The van der Waals surface area contributed by atoms with E-state index in [0.717, 1.165) is 25.2 Å². The Morgan fingerprint density at radius 3 is 2.33 bits per heavy atom. The van der Waals surface area contributed by atoms with Gasteiger partial charge in [-0.1, -0.05) is 25.5 Å². The molecule has 0 aliphatic rings. The van der Waals surface area contributed by atoms with E-state index in [1.54, 1.807) is 0 Å². The van der Waals surface area contributed by atoms with Gasteiger partial charge in [0.1, 0.15) is 5.75 Å². The molecule has 102 valence electrons. The van der Waals surface area contributed by atoms with Crippen LogP contribution in [0.15, 0.2) is 24.3 Å². The third-order valence-electron chi connectivity index (χ3n) is 2.34. The molecule has 3 heteroatoms. The molecule has 0 amide bonds. The maximum Gasteiger partial charge on any atom is 0.119 e. The van der Waals surface area contributed by atoms with Gasteiger partial charge in [-0.3, -0.25) is 4.84 Å². The molecule has 0 heterocycles. The van der Waals surface area contributed by atoms with Crippen molar-refractivity contribution in [3.8, 4) is 5.75 Å². The number of rotatable bonds is 7. The molecule has 1 aromatic carbocycles. The van der Waals surface area contributed by atoms with Crippen molar-refractivity contribution in [1.29, 1.82) is 0 Å². The summed E-state index contributed by atoms with van der Waals surface area (Å²) in [5.74, 6) is 0.934. The molecule has 0 radical (unpaired) electrons. The number of hydrogen-bond acceptors (Lipinski definition) is 3. The average Bonchev–Trinajstić information content (AvgIpc) is 2.30. The zero-order chi connectivity index (χ0) is 13.4. The first-order valence-corrected chi connectivity index (χ1v) is 6.64. The molecule has 0 fully saturated rings. The van der Waals surface area contributed by atoms with Crippen LogP contribution in [-0.2, 0) is 11.4 Å². The summed E-state index contributed by atoms with van der Waals surface area (Å²) >= 11 is 0. The maximum absolute atomic E-state index is 5.61. The van der Waals surface area contributed by atoms with Crippen LogP contribution in [0.1, 0.15) is 46.1 Å². The number of hydrogen-bond donors (Lipinski definition) is 1. The highest BCUT2D eigenvalue weighted by Crippen LogP contribution is 2.13. The monoisotopic (exact) mass is 251 g/mol. The summed E-state index contributed by atoms with van der Waals surface area (Å²) < 4.78 is 5.61. The highest BCUT2D eigenvalue weighted by molar-refractivity contribution is 5.27. The van der Waals surface area contributed by atoms with Crippen molar-refractivity contribution in [3.05, 3.63) is 29.8 Å². The Morgan fingerprint density at radius 1 is 1.11 bits per heavy atom. The molecule has 0 aliphatic heterocycles. The van der Waals surface area contributed by atoms with Gasteiger partial charge >= 0.3 is 0 Å². The van der Waals surface area contributed by atoms with Crippen LogP contribution in [0.25, 0.3) is 0 Å². The summed E-state index contributed by atoms with van der Waals surface area (Å²) in [5.41, 5.74) is 3.99. The molecule has 0 aromatic heterocycles. The van der Waals surface area contributed by atoms with Crippen LogP contribution >= 0.6 is 0 Å². The zero-order valence-corrected chi connectivity index (χ0v) is 12.0. The van der Waals surface area contributed by atoms with E-state index in [1.807, 2.05) is 32.9 Å². The molecule has 0 unspecified atom stereocenters. The van der Waals surface area contributed by atoms with Gasteiger partial charge in [0.05, 0.1) is 12.2 Å². The molecular weight excluding hydrogens is 226 g/mol. The van der Waals surface area contributed by atoms with E-state index in [-0.39, 0.29) is 5.60 Å². The molecule has 0 spiro atoms. The molecule has 3 nitrogen and oxygen atoms in total. The average molecular weight is 251 g/mol. The first kappa shape index (κ1) is 15.0. The van der Waals surface area contributed by atoms with Crippen molar-refractivity contribution in [2.24, 2.45) is 0 Å². The molecule has 0 atom stereocenters. The molecule has 0 bridgehead atoms. The van der Waals surface area contributed by atoms with Gasteiger partial charge < -0.3 is 4.74 Å². The predicted molar refractivity (Wildman–Crippen MR) is 74.5 cm³/mol. The molecule has 0 aliphatic carbocycles. The minimum atomic E-state index is -0.163. The Kier molecular flexibility index (Phi) is 6.16. The lowest BCUT2D eigenvalue weighted by molar-refractivity contribution is -0.0757. The second-order valence-corrected chi connectivity index (χ2v) is 5.38. The van der Waals surface area contributed by atoms with Gasteiger partial charge in [-0.15, -0.1) is 0 Å². The number of benzene rings is 1. The van der Waals surface area contributed by atoms with Crippen molar-refractivity contribution in [1.82, 2.24) is 5.48 Å². The lowest BCUT2D eigenvalue weighted by atomic mass is 10.2. The van der Waals surface area contributed by atoms with Gasteiger partial charge in [0.15, 0.2) is 0 Å². The van der Waals surface area contributed by atoms with Crippen molar-refractivity contribution in [2.45, 2.75) is 52.7 Å². The fraction of sp³-hybridized carbons (Fsp3) is 0.600. The van der Waals surface area contributed by atoms with E-state index in [2.05, 4.69) is 24.5 Å². The molecule has 1 aromatic rings. The fourth-order valence-electron chi connectivity index (χ4n) is 1.37. The Hall–Kier alpha value is -1.06. The van der Waals surface area contributed by atoms with Crippen molar-refractivity contribution in [3.63, 3.8) is 0 Å². The Balaban J connectivity index is 2.31. The highest BCUT2D eigenvalue weighted by atomic mass is 16.7. The topological polar surface area (TPSA) is 30.5 Å². The van der Waals surface area contributed by atoms with Crippen molar-refractivity contribution >= 4 is 0 Å². The third kappa shape index (κ3) is 6.62. The Bertz CT molecular complexity index is 327. The van der Waals surface area contributed by atoms with Crippen LogP contribution in [0.3, 0.4) is 0 Å². The third-order valence-corrected chi connectivity index (χ3v) is 2.34. The lowest BCUT2D eigenvalue weighted by Crippen LogP contribution is -2.28. The Morgan fingerprint density at radius 2 is 1.78 bits per heavy atom. The van der Waals surface area contributed by atoms with Gasteiger partial charge in [-0.05, 0) is 44.9 Å². The maximum atomic E-state index is 5.61. The van der Waals surface area contributed by atoms with E-state index < -0.39 is 0 Å². The smallest absolute Gasteiger partial charge is 0.119 e. The van der Waals surface area contributed by atoms with Gasteiger partial charge in [-0.2, -0.15) is 5.48 Å². The fourth-order valence-corrected chi connectivity index (χ4v) is 1.37. The molecule has 1 N–H and O–H groups in total. The van der Waals surface area contributed by atoms with Crippen LogP contribution < -0.4 is 10.2 Å². The minimum absolute atomic E-state index is 0.163. The highest BCUT2D eigenvalue weighted by Gasteiger charge is 2.09. The number of unbranched alkanes of at least 4 members (excludes halogenated alkanes) is 1. The van der Waals surface area contributed by atoms with Gasteiger partial charge in [0.25, 0.3) is 0 Å². The molecule has 0 saturated heterocycles. The summed E-state index contributed by atoms with van der Waals surface area (Å²) in [5, 5.41) is 0. The van der Waals surface area contributed by atoms with Crippen LogP contribution in [0.4, 0.5) is 0 Å². The molecular formula is C15H25NO2. The van der Waals surface area contributed by atoms with Crippen LogP contribution in [0, 0.1) is 0 Å². The van der Waals surface area contributed by atoms with Gasteiger partial charge in [0, 0.05) is 6.54 Å².